The van der Waals surface area contributed by atoms with Crippen molar-refractivity contribution in [3.63, 3.8) is 0 Å². The molecule has 2 aromatic carbocycles. The van der Waals surface area contributed by atoms with Crippen LogP contribution < -0.4 is 9.30 Å². The Morgan fingerprint density at radius 2 is 1.84 bits per heavy atom. The monoisotopic (exact) mass is 344 g/mol. The molecule has 25 heavy (non-hydrogen) atoms. The molecule has 0 aliphatic carbocycles. The van der Waals surface area contributed by atoms with Gasteiger partial charge in [0.05, 0.1) is 16.3 Å². The number of nitrogens with zero attached hydrogens (tertiary/aromatic N) is 1. The number of benzene rings is 2. The van der Waals surface area contributed by atoms with Crippen LogP contribution in [0.3, 0.4) is 0 Å². The first-order valence-corrected chi connectivity index (χ1v) is 9.36. The normalized spacial score (nSPS) is 13.6. The van der Waals surface area contributed by atoms with Crippen molar-refractivity contribution in [1.29, 1.82) is 0 Å². The van der Waals surface area contributed by atoms with Gasteiger partial charge < -0.3 is 4.74 Å². The van der Waals surface area contributed by atoms with E-state index in [1.54, 1.807) is 11.3 Å². The van der Waals surface area contributed by atoms with Gasteiger partial charge in [0, 0.05) is 11.5 Å². The summed E-state index contributed by atoms with van der Waals surface area (Å²) in [6.45, 7) is 4.19. The van der Waals surface area contributed by atoms with Crippen molar-refractivity contribution in [3.05, 3.63) is 64.7 Å². The minimum Gasteiger partial charge on any atom is -0.461 e. The Bertz CT molecular complexity index is 1190. The summed E-state index contributed by atoms with van der Waals surface area (Å²) in [5, 5.41) is 8.06. The summed E-state index contributed by atoms with van der Waals surface area (Å²) in [7, 11) is 2.16. The number of thiophene rings is 1. The predicted molar refractivity (Wildman–Crippen MR) is 105 cm³/mol. The Hall–Kier alpha value is -2.65. The zero-order valence-corrected chi connectivity index (χ0v) is 15.3. The lowest BCUT2D eigenvalue weighted by atomic mass is 9.95. The lowest BCUT2D eigenvalue weighted by Crippen LogP contribution is -2.35. The third-order valence-electron chi connectivity index (χ3n) is 5.25. The molecule has 0 N–H and O–H groups in total. The average Bonchev–Trinajstić information content (AvgIpc) is 3.16. The van der Waals surface area contributed by atoms with Crippen molar-refractivity contribution in [2.45, 2.75) is 13.8 Å². The highest BCUT2D eigenvalue weighted by molar-refractivity contribution is 7.08. The fraction of sp³-hybridized carbons (Fsp3) is 0.136. The molecule has 2 aromatic heterocycles. The molecule has 1 aliphatic rings. The standard InChI is InChI=1S/C22H18NOS/c1-13-14(2)24-20-6-4-5-18-17-8-7-15(16-9-10-25-12-16)11-19(17)23(3)22(13)21(18)20/h4-12H,1-3H3/q+1. The van der Waals surface area contributed by atoms with Gasteiger partial charge in [-0.1, -0.05) is 18.2 Å². The largest absolute Gasteiger partial charge is 0.461 e. The second-order valence-corrected chi connectivity index (χ2v) is 7.39. The Balaban J connectivity index is 1.96. The molecule has 0 saturated heterocycles. The number of rotatable bonds is 1. The molecule has 3 heterocycles. The number of aromatic nitrogens is 1. The number of aryl methyl sites for hydroxylation is 1. The minimum atomic E-state index is 0.954. The number of hydrogen-bond donors (Lipinski definition) is 0. The van der Waals surface area contributed by atoms with E-state index in [4.69, 9.17) is 4.74 Å². The first kappa shape index (κ1) is 14.7. The van der Waals surface area contributed by atoms with Crippen LogP contribution in [-0.4, -0.2) is 0 Å². The van der Waals surface area contributed by atoms with Gasteiger partial charge in [-0.15, -0.1) is 0 Å². The van der Waals surface area contributed by atoms with Gasteiger partial charge in [-0.2, -0.15) is 15.9 Å². The Labute approximate surface area is 150 Å². The molecule has 0 saturated carbocycles. The van der Waals surface area contributed by atoms with Crippen LogP contribution in [0.15, 0.2) is 59.0 Å². The van der Waals surface area contributed by atoms with Crippen LogP contribution in [0.1, 0.15) is 19.5 Å². The van der Waals surface area contributed by atoms with E-state index >= 15 is 0 Å². The number of hydrogen-bond acceptors (Lipinski definition) is 2. The molecular formula is C22H18NOS+. The van der Waals surface area contributed by atoms with Crippen LogP contribution in [0.5, 0.6) is 5.75 Å². The number of pyridine rings is 1. The zero-order valence-electron chi connectivity index (χ0n) is 14.5. The van der Waals surface area contributed by atoms with Crippen LogP contribution in [0.25, 0.3) is 38.4 Å². The van der Waals surface area contributed by atoms with Crippen molar-refractivity contribution in [2.75, 3.05) is 0 Å². The summed E-state index contributed by atoms with van der Waals surface area (Å²) >= 11 is 1.74. The van der Waals surface area contributed by atoms with E-state index in [1.807, 2.05) is 6.92 Å². The molecule has 1 aliphatic heterocycles. The Kier molecular flexibility index (Phi) is 3.03. The van der Waals surface area contributed by atoms with E-state index in [9.17, 15) is 0 Å². The maximum Gasteiger partial charge on any atom is 0.223 e. The van der Waals surface area contributed by atoms with Crippen molar-refractivity contribution in [1.82, 2.24) is 0 Å². The highest BCUT2D eigenvalue weighted by atomic mass is 32.1. The summed E-state index contributed by atoms with van der Waals surface area (Å²) < 4.78 is 8.39. The summed E-state index contributed by atoms with van der Waals surface area (Å²) in [6, 6.07) is 15.3. The van der Waals surface area contributed by atoms with Gasteiger partial charge in [0.15, 0.2) is 0 Å². The van der Waals surface area contributed by atoms with Crippen LogP contribution in [-0.2, 0) is 7.05 Å². The molecule has 0 radical (unpaired) electrons. The van der Waals surface area contributed by atoms with Gasteiger partial charge in [0.1, 0.15) is 18.6 Å². The molecule has 0 fully saturated rings. The molecule has 0 unspecified atom stereocenters. The lowest BCUT2D eigenvalue weighted by molar-refractivity contribution is -0.646. The zero-order chi connectivity index (χ0) is 17.1. The van der Waals surface area contributed by atoms with E-state index in [2.05, 4.69) is 71.8 Å². The molecular weight excluding hydrogens is 326 g/mol. The summed E-state index contributed by atoms with van der Waals surface area (Å²) in [5.74, 6) is 1.93. The van der Waals surface area contributed by atoms with Crippen molar-refractivity contribution in [2.24, 2.45) is 7.05 Å². The maximum absolute atomic E-state index is 6.07. The number of ether oxygens (including phenoxy) is 1. The summed E-state index contributed by atoms with van der Waals surface area (Å²) in [5.41, 5.74) is 6.24. The molecule has 4 aromatic rings. The predicted octanol–water partition coefficient (Wildman–Crippen LogP) is 5.69. The number of fused-ring (bicyclic) bond motifs is 2. The first-order valence-electron chi connectivity index (χ1n) is 8.42. The molecule has 0 amide bonds. The third-order valence-corrected chi connectivity index (χ3v) is 5.93. The van der Waals surface area contributed by atoms with Gasteiger partial charge >= 0.3 is 0 Å². The van der Waals surface area contributed by atoms with E-state index in [0.717, 1.165) is 11.5 Å². The molecule has 3 heteroatoms. The van der Waals surface area contributed by atoms with E-state index in [0.29, 0.717) is 0 Å². The van der Waals surface area contributed by atoms with Crippen LogP contribution in [0, 0.1) is 0 Å². The summed E-state index contributed by atoms with van der Waals surface area (Å²) in [6.07, 6.45) is 0. The van der Waals surface area contributed by atoms with Crippen LogP contribution in [0.2, 0.25) is 0 Å². The van der Waals surface area contributed by atoms with Crippen molar-refractivity contribution in [3.8, 4) is 16.9 Å². The fourth-order valence-corrected chi connectivity index (χ4v) is 4.53. The molecule has 2 nitrogen and oxygen atoms in total. The molecule has 0 bridgehead atoms. The maximum atomic E-state index is 6.07. The van der Waals surface area contributed by atoms with Gasteiger partial charge in [-0.25, -0.2) is 0 Å². The summed E-state index contributed by atoms with van der Waals surface area (Å²) in [4.78, 5) is 0. The number of allylic oxidation sites excluding steroid dienone is 2. The van der Waals surface area contributed by atoms with Gasteiger partial charge in [0.2, 0.25) is 11.2 Å². The highest BCUT2D eigenvalue weighted by Crippen LogP contribution is 2.40. The Morgan fingerprint density at radius 1 is 0.960 bits per heavy atom. The third kappa shape index (κ3) is 1.99. The van der Waals surface area contributed by atoms with Crippen LogP contribution >= 0.6 is 11.3 Å². The van der Waals surface area contributed by atoms with Gasteiger partial charge in [-0.05, 0) is 53.9 Å². The first-order chi connectivity index (χ1) is 12.1. The topological polar surface area (TPSA) is 13.1 Å². The van der Waals surface area contributed by atoms with E-state index in [-0.39, 0.29) is 0 Å². The van der Waals surface area contributed by atoms with Gasteiger partial charge in [0.25, 0.3) is 0 Å². The smallest absolute Gasteiger partial charge is 0.223 e. The molecule has 5 rings (SSSR count). The fourth-order valence-electron chi connectivity index (χ4n) is 3.87. The second-order valence-electron chi connectivity index (χ2n) is 6.61. The van der Waals surface area contributed by atoms with Crippen molar-refractivity contribution >= 4 is 38.6 Å². The average molecular weight is 344 g/mol. The van der Waals surface area contributed by atoms with Crippen molar-refractivity contribution < 1.29 is 9.30 Å². The van der Waals surface area contributed by atoms with E-state index < -0.39 is 0 Å². The van der Waals surface area contributed by atoms with E-state index in [1.165, 1.54) is 44.1 Å². The Morgan fingerprint density at radius 3 is 2.64 bits per heavy atom. The molecule has 0 spiro atoms. The molecule has 0 atom stereocenters. The SMILES string of the molecule is CC1=C(C)c2c3c(cccc3c3ccc(-c4ccsc4)cc3[n+]2C)O1. The molecule has 122 valence electrons. The minimum absolute atomic E-state index is 0.954. The quantitative estimate of drug-likeness (QED) is 0.319. The highest BCUT2D eigenvalue weighted by Gasteiger charge is 2.28. The van der Waals surface area contributed by atoms with Crippen LogP contribution in [0.4, 0.5) is 0 Å². The van der Waals surface area contributed by atoms with Gasteiger partial charge in [-0.3, -0.25) is 0 Å². The lowest BCUT2D eigenvalue weighted by Gasteiger charge is -2.20. The second kappa shape index (κ2) is 5.17.